The van der Waals surface area contributed by atoms with Crippen LogP contribution in [0.2, 0.25) is 0 Å². The van der Waals surface area contributed by atoms with Crippen molar-refractivity contribution < 1.29 is 9.18 Å². The minimum absolute atomic E-state index is 0.0464. The minimum Gasteiger partial charge on any atom is -0.351 e. The molecule has 5 nitrogen and oxygen atoms in total. The van der Waals surface area contributed by atoms with Crippen LogP contribution in [0.5, 0.6) is 0 Å². The molecule has 1 amide bonds. The molecule has 7 heteroatoms. The number of aryl methyl sites for hydroxylation is 2. The van der Waals surface area contributed by atoms with Gasteiger partial charge in [0.25, 0.3) is 0 Å². The quantitative estimate of drug-likeness (QED) is 0.775. The highest BCUT2D eigenvalue weighted by Gasteiger charge is 2.34. The first-order valence-corrected chi connectivity index (χ1v) is 8.87. The van der Waals surface area contributed by atoms with Crippen molar-refractivity contribution in [2.45, 2.75) is 32.9 Å². The highest BCUT2D eigenvalue weighted by atomic mass is 32.1. The fourth-order valence-electron chi connectivity index (χ4n) is 2.98. The van der Waals surface area contributed by atoms with Gasteiger partial charge in [0.2, 0.25) is 5.91 Å². The van der Waals surface area contributed by atoms with Gasteiger partial charge in [0.15, 0.2) is 0 Å². The minimum atomic E-state index is -0.298. The molecule has 0 aliphatic carbocycles. The summed E-state index contributed by atoms with van der Waals surface area (Å²) in [5.74, 6) is -0.631. The highest BCUT2D eigenvalue weighted by molar-refractivity contribution is 7.11. The summed E-state index contributed by atoms with van der Waals surface area (Å²) in [7, 11) is 0. The summed E-state index contributed by atoms with van der Waals surface area (Å²) in [6.07, 6.45) is 0.855. The number of carbonyl (C=O) groups is 1. The number of benzene rings is 1. The van der Waals surface area contributed by atoms with Crippen LogP contribution in [0, 0.1) is 18.7 Å². The summed E-state index contributed by atoms with van der Waals surface area (Å²) < 4.78 is 13.4. The number of hydrogen-bond donors (Lipinski definition) is 3. The van der Waals surface area contributed by atoms with E-state index in [1.807, 2.05) is 13.0 Å². The first kappa shape index (κ1) is 17.0. The zero-order valence-corrected chi connectivity index (χ0v) is 14.5. The molecule has 1 aliphatic heterocycles. The summed E-state index contributed by atoms with van der Waals surface area (Å²) in [6, 6.07) is 6.12. The smallest absolute Gasteiger partial charge is 0.226 e. The highest BCUT2D eigenvalue weighted by Crippen LogP contribution is 2.26. The van der Waals surface area contributed by atoms with Crippen molar-refractivity contribution in [1.29, 1.82) is 0 Å². The third-order valence-electron chi connectivity index (χ3n) is 4.17. The van der Waals surface area contributed by atoms with E-state index in [2.05, 4.69) is 28.1 Å². The number of carbonyl (C=O) groups excluding carboxylic acids is 1. The number of aromatic nitrogens is 1. The van der Waals surface area contributed by atoms with E-state index in [0.29, 0.717) is 13.1 Å². The van der Waals surface area contributed by atoms with Crippen LogP contribution in [0.4, 0.5) is 4.39 Å². The van der Waals surface area contributed by atoms with Crippen LogP contribution in [-0.4, -0.2) is 17.4 Å². The van der Waals surface area contributed by atoms with E-state index in [4.69, 9.17) is 0 Å². The van der Waals surface area contributed by atoms with Crippen LogP contribution in [0.1, 0.15) is 34.1 Å². The molecule has 2 heterocycles. The summed E-state index contributed by atoms with van der Waals surface area (Å²) in [4.78, 5) is 18.2. The molecule has 0 bridgehead atoms. The molecule has 2 aromatic rings. The molecular formula is C17H21FN4OS. The summed E-state index contributed by atoms with van der Waals surface area (Å²) in [6.45, 7) is 5.03. The maximum atomic E-state index is 13.4. The topological polar surface area (TPSA) is 66.0 Å². The van der Waals surface area contributed by atoms with E-state index >= 15 is 0 Å². The van der Waals surface area contributed by atoms with Crippen LogP contribution in [0.3, 0.4) is 0 Å². The number of hydrogen-bond acceptors (Lipinski definition) is 5. The van der Waals surface area contributed by atoms with Gasteiger partial charge in [-0.3, -0.25) is 10.2 Å². The zero-order chi connectivity index (χ0) is 17.1. The lowest BCUT2D eigenvalue weighted by molar-refractivity contribution is -0.125. The predicted molar refractivity (Wildman–Crippen MR) is 91.8 cm³/mol. The largest absolute Gasteiger partial charge is 0.351 e. The van der Waals surface area contributed by atoms with Gasteiger partial charge >= 0.3 is 0 Å². The van der Waals surface area contributed by atoms with Crippen molar-refractivity contribution in [2.24, 2.45) is 5.92 Å². The fourth-order valence-corrected chi connectivity index (χ4v) is 3.95. The van der Waals surface area contributed by atoms with E-state index in [1.165, 1.54) is 12.1 Å². The molecule has 1 aliphatic rings. The number of thiazole rings is 1. The SMILES string of the molecule is CCc1nc(C)sc1CNC(=O)C1CNNC1c1cccc(F)c1. The van der Waals surface area contributed by atoms with Crippen molar-refractivity contribution in [3.63, 3.8) is 0 Å². The molecular weight excluding hydrogens is 327 g/mol. The zero-order valence-electron chi connectivity index (χ0n) is 13.7. The van der Waals surface area contributed by atoms with E-state index in [1.54, 1.807) is 17.4 Å². The van der Waals surface area contributed by atoms with E-state index < -0.39 is 0 Å². The van der Waals surface area contributed by atoms with Gasteiger partial charge in [0.1, 0.15) is 5.82 Å². The van der Waals surface area contributed by atoms with Crippen molar-refractivity contribution in [3.05, 3.63) is 51.2 Å². The number of halogens is 1. The monoisotopic (exact) mass is 348 g/mol. The lowest BCUT2D eigenvalue weighted by Crippen LogP contribution is -2.34. The van der Waals surface area contributed by atoms with Crippen LogP contribution >= 0.6 is 11.3 Å². The number of nitrogens with zero attached hydrogens (tertiary/aromatic N) is 1. The van der Waals surface area contributed by atoms with Crippen LogP contribution in [0.15, 0.2) is 24.3 Å². The molecule has 24 heavy (non-hydrogen) atoms. The first-order chi connectivity index (χ1) is 11.6. The average molecular weight is 348 g/mol. The van der Waals surface area contributed by atoms with Crippen molar-refractivity contribution in [3.8, 4) is 0 Å². The summed E-state index contributed by atoms with van der Waals surface area (Å²) in [5, 5.41) is 4.01. The summed E-state index contributed by atoms with van der Waals surface area (Å²) in [5.41, 5.74) is 7.88. The molecule has 2 unspecified atom stereocenters. The normalized spacial score (nSPS) is 20.3. The lowest BCUT2D eigenvalue weighted by Gasteiger charge is -2.18. The van der Waals surface area contributed by atoms with Gasteiger partial charge in [-0.15, -0.1) is 11.3 Å². The molecule has 1 saturated heterocycles. The molecule has 1 aromatic heterocycles. The predicted octanol–water partition coefficient (Wildman–Crippen LogP) is 2.23. The Morgan fingerprint density at radius 3 is 3.08 bits per heavy atom. The molecule has 128 valence electrons. The average Bonchev–Trinajstić information content (AvgIpc) is 3.19. The van der Waals surface area contributed by atoms with Crippen molar-refractivity contribution in [1.82, 2.24) is 21.2 Å². The van der Waals surface area contributed by atoms with Gasteiger partial charge in [0.05, 0.1) is 29.2 Å². The standard InChI is InChI=1S/C17H21FN4OS/c1-3-14-15(24-10(2)21-14)9-19-17(23)13-8-20-22-16(13)11-5-4-6-12(18)7-11/h4-7,13,16,20,22H,3,8-9H2,1-2H3,(H,19,23). The summed E-state index contributed by atoms with van der Waals surface area (Å²) >= 11 is 1.62. The van der Waals surface area contributed by atoms with Gasteiger partial charge in [0, 0.05) is 11.4 Å². The molecule has 3 N–H and O–H groups in total. The van der Waals surface area contributed by atoms with E-state index in [0.717, 1.165) is 27.6 Å². The van der Waals surface area contributed by atoms with Crippen LogP contribution in [-0.2, 0) is 17.8 Å². The Morgan fingerprint density at radius 1 is 1.50 bits per heavy atom. The maximum Gasteiger partial charge on any atom is 0.226 e. The van der Waals surface area contributed by atoms with Crippen molar-refractivity contribution >= 4 is 17.2 Å². The Labute approximate surface area is 144 Å². The molecule has 1 aromatic carbocycles. The van der Waals surface area contributed by atoms with Crippen LogP contribution in [0.25, 0.3) is 0 Å². The Morgan fingerprint density at radius 2 is 2.33 bits per heavy atom. The second-order valence-corrected chi connectivity index (χ2v) is 7.13. The third-order valence-corrected chi connectivity index (χ3v) is 5.18. The molecule has 0 spiro atoms. The molecule has 2 atom stereocenters. The number of nitrogens with one attached hydrogen (secondary N) is 3. The van der Waals surface area contributed by atoms with Gasteiger partial charge in [-0.05, 0) is 31.0 Å². The number of rotatable bonds is 5. The van der Waals surface area contributed by atoms with Crippen LogP contribution < -0.4 is 16.2 Å². The lowest BCUT2D eigenvalue weighted by atomic mass is 9.94. The maximum absolute atomic E-state index is 13.4. The Bertz CT molecular complexity index is 733. The second-order valence-electron chi connectivity index (χ2n) is 5.84. The van der Waals surface area contributed by atoms with E-state index in [-0.39, 0.29) is 23.7 Å². The fraction of sp³-hybridized carbons (Fsp3) is 0.412. The number of amides is 1. The molecule has 1 fully saturated rings. The number of hydrazine groups is 1. The van der Waals surface area contributed by atoms with Gasteiger partial charge in [-0.2, -0.15) is 0 Å². The first-order valence-electron chi connectivity index (χ1n) is 8.05. The van der Waals surface area contributed by atoms with Gasteiger partial charge in [-0.1, -0.05) is 19.1 Å². The Balaban J connectivity index is 1.67. The Kier molecular flexibility index (Phi) is 5.23. The second kappa shape index (κ2) is 7.38. The van der Waals surface area contributed by atoms with E-state index in [9.17, 15) is 9.18 Å². The Hall–Kier alpha value is -1.83. The van der Waals surface area contributed by atoms with Crippen molar-refractivity contribution in [2.75, 3.05) is 6.54 Å². The molecule has 0 saturated carbocycles. The van der Waals surface area contributed by atoms with Gasteiger partial charge in [-0.25, -0.2) is 14.8 Å². The molecule has 0 radical (unpaired) electrons. The molecule has 3 rings (SSSR count). The van der Waals surface area contributed by atoms with Gasteiger partial charge < -0.3 is 5.32 Å². The third kappa shape index (κ3) is 3.63.